The molecule has 0 aromatic heterocycles. The first kappa shape index (κ1) is 23.7. The third kappa shape index (κ3) is 6.03. The molecule has 0 spiro atoms. The number of amides is 2. The van der Waals surface area contributed by atoms with Crippen LogP contribution in [0.25, 0.3) is 11.1 Å². The molecule has 1 aliphatic rings. The van der Waals surface area contributed by atoms with Gasteiger partial charge in [0.1, 0.15) is 12.6 Å². The zero-order chi connectivity index (χ0) is 22.9. The summed E-state index contributed by atoms with van der Waals surface area (Å²) in [6.45, 7) is 0.503. The second-order valence-electron chi connectivity index (χ2n) is 7.60. The van der Waals surface area contributed by atoms with Gasteiger partial charge in [-0.25, -0.2) is 9.59 Å². The normalized spacial score (nSPS) is 13.0. The Morgan fingerprint density at radius 2 is 1.69 bits per heavy atom. The Kier molecular flexibility index (Phi) is 8.56. The van der Waals surface area contributed by atoms with Gasteiger partial charge in [0, 0.05) is 18.9 Å². The lowest BCUT2D eigenvalue weighted by Crippen LogP contribution is -2.41. The lowest BCUT2D eigenvalue weighted by Gasteiger charge is -2.15. The average molecular weight is 457 g/mol. The van der Waals surface area contributed by atoms with Gasteiger partial charge in [0.2, 0.25) is 5.91 Å². The number of thioether (sulfide) groups is 1. The molecule has 170 valence electrons. The van der Waals surface area contributed by atoms with Crippen molar-refractivity contribution in [2.45, 2.75) is 31.2 Å². The second-order valence-corrected chi connectivity index (χ2v) is 8.58. The molecule has 0 saturated heterocycles. The second kappa shape index (κ2) is 11.6. The Bertz CT molecular complexity index is 919. The molecule has 0 radical (unpaired) electrons. The number of benzene rings is 2. The van der Waals surface area contributed by atoms with Crippen molar-refractivity contribution in [2.24, 2.45) is 0 Å². The average Bonchev–Trinajstić information content (AvgIpc) is 3.11. The van der Waals surface area contributed by atoms with Crippen LogP contribution in [-0.2, 0) is 14.3 Å². The van der Waals surface area contributed by atoms with Crippen LogP contribution in [0.2, 0.25) is 0 Å². The molecular weight excluding hydrogens is 428 g/mol. The molecule has 0 bridgehead atoms. The quantitative estimate of drug-likeness (QED) is 0.446. The molecule has 0 aliphatic heterocycles. The highest BCUT2D eigenvalue weighted by Gasteiger charge is 2.29. The van der Waals surface area contributed by atoms with Crippen LogP contribution in [0.15, 0.2) is 48.5 Å². The maximum absolute atomic E-state index is 12.1. The fourth-order valence-corrected chi connectivity index (χ4v) is 4.32. The summed E-state index contributed by atoms with van der Waals surface area (Å²) in [4.78, 5) is 35.3. The predicted molar refractivity (Wildman–Crippen MR) is 125 cm³/mol. The molecule has 0 unspecified atom stereocenters. The predicted octanol–water partition coefficient (Wildman–Crippen LogP) is 3.63. The van der Waals surface area contributed by atoms with Crippen LogP contribution in [0, 0.1) is 0 Å². The molecule has 3 N–H and O–H groups in total. The standard InChI is InChI=1S/C24H28N2O5S/c1-32-14-12-21(23(28)29)26-22(27)11-6-13-25-24(30)31-15-20-18-9-4-2-7-16(18)17-8-3-5-10-19(17)20/h2-5,7-10,20-21H,6,11-15H2,1H3,(H,25,30)(H,26,27)(H,28,29)/t21-/m1/s1. The highest BCUT2D eigenvalue weighted by molar-refractivity contribution is 7.98. The molecule has 2 aromatic carbocycles. The first-order valence-corrected chi connectivity index (χ1v) is 12.0. The van der Waals surface area contributed by atoms with Gasteiger partial charge in [-0.2, -0.15) is 11.8 Å². The van der Waals surface area contributed by atoms with E-state index in [1.807, 2.05) is 30.5 Å². The molecule has 7 nitrogen and oxygen atoms in total. The lowest BCUT2D eigenvalue weighted by atomic mass is 9.98. The van der Waals surface area contributed by atoms with E-state index in [4.69, 9.17) is 9.84 Å². The fourth-order valence-electron chi connectivity index (χ4n) is 3.85. The molecule has 8 heteroatoms. The van der Waals surface area contributed by atoms with Gasteiger partial charge in [-0.3, -0.25) is 4.79 Å². The van der Waals surface area contributed by atoms with E-state index in [9.17, 15) is 14.4 Å². The third-order valence-electron chi connectivity index (χ3n) is 5.44. The zero-order valence-corrected chi connectivity index (χ0v) is 18.8. The van der Waals surface area contributed by atoms with Crippen molar-refractivity contribution < 1.29 is 24.2 Å². The van der Waals surface area contributed by atoms with Crippen LogP contribution in [0.3, 0.4) is 0 Å². The van der Waals surface area contributed by atoms with Crippen LogP contribution < -0.4 is 10.6 Å². The molecule has 0 heterocycles. The third-order valence-corrected chi connectivity index (χ3v) is 6.08. The van der Waals surface area contributed by atoms with Gasteiger partial charge >= 0.3 is 12.1 Å². The number of nitrogens with one attached hydrogen (secondary N) is 2. The van der Waals surface area contributed by atoms with E-state index in [1.165, 1.54) is 22.9 Å². The van der Waals surface area contributed by atoms with Gasteiger partial charge in [0.25, 0.3) is 0 Å². The summed E-state index contributed by atoms with van der Waals surface area (Å²) in [6.07, 6.45) is 2.25. The SMILES string of the molecule is CSCC[C@@H](NC(=O)CCCNC(=O)OCC1c2ccccc2-c2ccccc21)C(=O)O. The van der Waals surface area contributed by atoms with Crippen LogP contribution in [-0.4, -0.2) is 54.3 Å². The summed E-state index contributed by atoms with van der Waals surface area (Å²) in [7, 11) is 0. The minimum atomic E-state index is -1.04. The van der Waals surface area contributed by atoms with Gasteiger partial charge < -0.3 is 20.5 Å². The summed E-state index contributed by atoms with van der Waals surface area (Å²) in [5.74, 6) is -0.731. The van der Waals surface area contributed by atoms with Crippen molar-refractivity contribution in [3.63, 3.8) is 0 Å². The number of fused-ring (bicyclic) bond motifs is 3. The van der Waals surface area contributed by atoms with E-state index in [2.05, 4.69) is 34.9 Å². The molecule has 0 saturated carbocycles. The molecule has 0 fully saturated rings. The van der Waals surface area contributed by atoms with E-state index in [0.717, 1.165) is 11.1 Å². The van der Waals surface area contributed by atoms with Gasteiger partial charge in [-0.05, 0) is 47.1 Å². The van der Waals surface area contributed by atoms with Crippen LogP contribution in [0.1, 0.15) is 36.3 Å². The molecule has 3 rings (SSSR count). The Balaban J connectivity index is 1.41. The van der Waals surface area contributed by atoms with Crippen molar-refractivity contribution in [3.05, 3.63) is 59.7 Å². The Morgan fingerprint density at radius 1 is 1.06 bits per heavy atom. The van der Waals surface area contributed by atoms with E-state index < -0.39 is 18.1 Å². The number of carboxylic acid groups (broad SMARTS) is 1. The van der Waals surface area contributed by atoms with Gasteiger partial charge in [-0.15, -0.1) is 0 Å². The first-order chi connectivity index (χ1) is 15.5. The first-order valence-electron chi connectivity index (χ1n) is 10.6. The number of rotatable bonds is 11. The minimum Gasteiger partial charge on any atom is -0.480 e. The minimum absolute atomic E-state index is 0.00633. The number of hydrogen-bond acceptors (Lipinski definition) is 5. The van der Waals surface area contributed by atoms with E-state index in [0.29, 0.717) is 18.6 Å². The molecule has 2 aromatic rings. The highest BCUT2D eigenvalue weighted by atomic mass is 32.2. The molecule has 1 atom stereocenters. The van der Waals surface area contributed by atoms with Crippen molar-refractivity contribution >= 4 is 29.7 Å². The zero-order valence-electron chi connectivity index (χ0n) is 18.0. The molecular formula is C24H28N2O5S. The monoisotopic (exact) mass is 456 g/mol. The Hall–Kier alpha value is -3.00. The highest BCUT2D eigenvalue weighted by Crippen LogP contribution is 2.44. The fraction of sp³-hybridized carbons (Fsp3) is 0.375. The Morgan fingerprint density at radius 3 is 2.28 bits per heavy atom. The number of aliphatic carboxylic acids is 1. The number of alkyl carbamates (subject to hydrolysis) is 1. The molecule has 32 heavy (non-hydrogen) atoms. The van der Waals surface area contributed by atoms with E-state index in [1.54, 1.807) is 0 Å². The van der Waals surface area contributed by atoms with Crippen molar-refractivity contribution in [3.8, 4) is 11.1 Å². The summed E-state index contributed by atoms with van der Waals surface area (Å²) in [6, 6.07) is 15.4. The summed E-state index contributed by atoms with van der Waals surface area (Å²) < 4.78 is 5.46. The number of carbonyl (C=O) groups is 3. The number of hydrogen-bond donors (Lipinski definition) is 3. The maximum atomic E-state index is 12.1. The maximum Gasteiger partial charge on any atom is 0.407 e. The van der Waals surface area contributed by atoms with Crippen LogP contribution in [0.5, 0.6) is 0 Å². The van der Waals surface area contributed by atoms with Gasteiger partial charge in [0.05, 0.1) is 0 Å². The summed E-state index contributed by atoms with van der Waals surface area (Å²) in [5.41, 5.74) is 4.63. The largest absolute Gasteiger partial charge is 0.480 e. The van der Waals surface area contributed by atoms with Crippen LogP contribution in [0.4, 0.5) is 4.79 Å². The molecule has 1 aliphatic carbocycles. The van der Waals surface area contributed by atoms with E-state index in [-0.39, 0.29) is 31.4 Å². The van der Waals surface area contributed by atoms with Gasteiger partial charge in [0.15, 0.2) is 0 Å². The summed E-state index contributed by atoms with van der Waals surface area (Å²) in [5, 5.41) is 14.4. The van der Waals surface area contributed by atoms with Crippen molar-refractivity contribution in [2.75, 3.05) is 25.2 Å². The molecule has 2 amide bonds. The number of carbonyl (C=O) groups excluding carboxylic acids is 2. The number of ether oxygens (including phenoxy) is 1. The lowest BCUT2D eigenvalue weighted by molar-refractivity contribution is -0.141. The topological polar surface area (TPSA) is 105 Å². The Labute approximate surface area is 191 Å². The van der Waals surface area contributed by atoms with E-state index >= 15 is 0 Å². The van der Waals surface area contributed by atoms with Crippen molar-refractivity contribution in [1.29, 1.82) is 0 Å². The summed E-state index contributed by atoms with van der Waals surface area (Å²) >= 11 is 1.53. The smallest absolute Gasteiger partial charge is 0.407 e. The van der Waals surface area contributed by atoms with Crippen LogP contribution >= 0.6 is 11.8 Å². The van der Waals surface area contributed by atoms with Crippen molar-refractivity contribution in [1.82, 2.24) is 10.6 Å². The number of carboxylic acids is 1. The van der Waals surface area contributed by atoms with Gasteiger partial charge in [-0.1, -0.05) is 48.5 Å².